The first-order valence-corrected chi connectivity index (χ1v) is 9.19. The first-order chi connectivity index (χ1) is 11.0. The molecule has 0 aromatic rings. The molecule has 3 saturated heterocycles. The second-order valence-electron chi connectivity index (χ2n) is 8.01. The second-order valence-corrected chi connectivity index (χ2v) is 8.01. The van der Waals surface area contributed by atoms with E-state index in [1.54, 1.807) is 0 Å². The highest BCUT2D eigenvalue weighted by Gasteiger charge is 2.44. The molecular weight excluding hydrogens is 292 g/mol. The summed E-state index contributed by atoms with van der Waals surface area (Å²) < 4.78 is 10.9. The number of likely N-dealkylation sites (tertiary alicyclic amines) is 1. The van der Waals surface area contributed by atoms with E-state index in [1.165, 1.54) is 0 Å². The first kappa shape index (κ1) is 17.2. The number of carbonyl (C=O) groups excluding carboxylic acids is 1. The topological polar surface area (TPSA) is 42.0 Å². The summed E-state index contributed by atoms with van der Waals surface area (Å²) in [7, 11) is 0. The molecule has 5 heteroatoms. The highest BCUT2D eigenvalue weighted by atomic mass is 16.5. The van der Waals surface area contributed by atoms with Crippen LogP contribution in [0.1, 0.15) is 33.6 Å². The summed E-state index contributed by atoms with van der Waals surface area (Å²) in [6.07, 6.45) is 2.02. The van der Waals surface area contributed by atoms with Crippen LogP contribution in [0.4, 0.5) is 0 Å². The maximum Gasteiger partial charge on any atom is 0.228 e. The van der Waals surface area contributed by atoms with Gasteiger partial charge in [-0.25, -0.2) is 0 Å². The van der Waals surface area contributed by atoms with Gasteiger partial charge in [0.25, 0.3) is 0 Å². The van der Waals surface area contributed by atoms with Gasteiger partial charge in [-0.15, -0.1) is 0 Å². The zero-order valence-corrected chi connectivity index (χ0v) is 14.9. The van der Waals surface area contributed by atoms with Gasteiger partial charge in [-0.2, -0.15) is 0 Å². The summed E-state index contributed by atoms with van der Waals surface area (Å²) in [6, 6.07) is 0.494. The summed E-state index contributed by atoms with van der Waals surface area (Å²) in [6.45, 7) is 13.6. The molecule has 0 radical (unpaired) electrons. The summed E-state index contributed by atoms with van der Waals surface area (Å²) in [5.74, 6) is 1.33. The zero-order chi connectivity index (χ0) is 16.4. The number of hydrogen-bond donors (Lipinski definition) is 0. The van der Waals surface area contributed by atoms with E-state index in [0.29, 0.717) is 23.8 Å². The van der Waals surface area contributed by atoms with E-state index in [1.807, 2.05) is 0 Å². The number of hydrogen-bond acceptors (Lipinski definition) is 4. The minimum absolute atomic E-state index is 0.274. The molecule has 3 aliphatic heterocycles. The lowest BCUT2D eigenvalue weighted by atomic mass is 9.73. The van der Waals surface area contributed by atoms with Gasteiger partial charge >= 0.3 is 0 Å². The number of amides is 1. The Morgan fingerprint density at radius 1 is 1.00 bits per heavy atom. The monoisotopic (exact) mass is 324 g/mol. The van der Waals surface area contributed by atoms with Gasteiger partial charge in [0.2, 0.25) is 5.91 Å². The van der Waals surface area contributed by atoms with E-state index in [2.05, 4.69) is 30.6 Å². The summed E-state index contributed by atoms with van der Waals surface area (Å²) in [5, 5.41) is 0. The van der Waals surface area contributed by atoms with Gasteiger partial charge < -0.3 is 14.4 Å². The second kappa shape index (κ2) is 7.08. The number of carbonyl (C=O) groups is 1. The Labute approximate surface area is 140 Å². The maximum absolute atomic E-state index is 13.2. The quantitative estimate of drug-likeness (QED) is 0.791. The molecule has 3 fully saturated rings. The van der Waals surface area contributed by atoms with Crippen molar-refractivity contribution >= 4 is 5.91 Å². The molecule has 3 aliphatic rings. The molecule has 0 bridgehead atoms. The van der Waals surface area contributed by atoms with Crippen molar-refractivity contribution in [2.75, 3.05) is 52.6 Å². The molecule has 0 aliphatic carbocycles. The minimum Gasteiger partial charge on any atom is -0.381 e. The van der Waals surface area contributed by atoms with Crippen molar-refractivity contribution in [3.8, 4) is 0 Å². The lowest BCUT2D eigenvalue weighted by molar-refractivity contribution is -0.144. The largest absolute Gasteiger partial charge is 0.381 e. The van der Waals surface area contributed by atoms with Crippen LogP contribution < -0.4 is 0 Å². The Hall–Kier alpha value is -0.650. The smallest absolute Gasteiger partial charge is 0.228 e. The normalized spacial score (nSPS) is 31.5. The predicted molar refractivity (Wildman–Crippen MR) is 89.2 cm³/mol. The van der Waals surface area contributed by atoms with Gasteiger partial charge in [-0.3, -0.25) is 9.69 Å². The number of morpholine rings is 1. The standard InChI is InChI=1S/C18H32N2O3/c1-14-12-20(13-16(14)19-6-10-23-11-7-19)17(21)18(2,3)15-4-8-22-9-5-15/h14-16H,4-13H2,1-3H3. The zero-order valence-electron chi connectivity index (χ0n) is 14.9. The Balaban J connectivity index is 1.63. The first-order valence-electron chi connectivity index (χ1n) is 9.19. The Morgan fingerprint density at radius 3 is 2.26 bits per heavy atom. The fraction of sp³-hybridized carbons (Fsp3) is 0.944. The molecule has 5 nitrogen and oxygen atoms in total. The molecule has 0 aromatic carbocycles. The van der Waals surface area contributed by atoms with Gasteiger partial charge in [0, 0.05) is 50.8 Å². The van der Waals surface area contributed by atoms with Gasteiger partial charge in [-0.1, -0.05) is 20.8 Å². The van der Waals surface area contributed by atoms with Gasteiger partial charge in [-0.05, 0) is 24.7 Å². The molecule has 3 heterocycles. The molecule has 3 rings (SSSR count). The van der Waals surface area contributed by atoms with Crippen molar-refractivity contribution in [3.63, 3.8) is 0 Å². The molecular formula is C18H32N2O3. The lowest BCUT2D eigenvalue weighted by Crippen LogP contribution is -2.48. The van der Waals surface area contributed by atoms with Gasteiger partial charge in [0.1, 0.15) is 0 Å². The van der Waals surface area contributed by atoms with Crippen LogP contribution in [0.5, 0.6) is 0 Å². The van der Waals surface area contributed by atoms with Gasteiger partial charge in [0.15, 0.2) is 0 Å². The van der Waals surface area contributed by atoms with Crippen molar-refractivity contribution in [2.24, 2.45) is 17.3 Å². The van der Waals surface area contributed by atoms with Crippen LogP contribution >= 0.6 is 0 Å². The van der Waals surface area contributed by atoms with Crippen LogP contribution in [0.2, 0.25) is 0 Å². The minimum atomic E-state index is -0.274. The molecule has 23 heavy (non-hydrogen) atoms. The Bertz CT molecular complexity index is 414. The van der Waals surface area contributed by atoms with Crippen LogP contribution in [-0.2, 0) is 14.3 Å². The summed E-state index contributed by atoms with van der Waals surface area (Å²) in [5.41, 5.74) is -0.274. The molecule has 0 saturated carbocycles. The van der Waals surface area contributed by atoms with Crippen LogP contribution in [0.15, 0.2) is 0 Å². The van der Waals surface area contributed by atoms with Crippen LogP contribution in [0.3, 0.4) is 0 Å². The summed E-state index contributed by atoms with van der Waals surface area (Å²) in [4.78, 5) is 17.8. The third-order valence-corrected chi connectivity index (χ3v) is 6.17. The van der Waals surface area contributed by atoms with Crippen LogP contribution in [-0.4, -0.2) is 74.4 Å². The van der Waals surface area contributed by atoms with Crippen molar-refractivity contribution in [1.29, 1.82) is 0 Å². The highest BCUT2D eigenvalue weighted by Crippen LogP contribution is 2.37. The van der Waals surface area contributed by atoms with E-state index < -0.39 is 0 Å². The summed E-state index contributed by atoms with van der Waals surface area (Å²) >= 11 is 0. The molecule has 0 aromatic heterocycles. The number of ether oxygens (including phenoxy) is 2. The van der Waals surface area contributed by atoms with Crippen molar-refractivity contribution in [1.82, 2.24) is 9.80 Å². The molecule has 0 N–H and O–H groups in total. The third-order valence-electron chi connectivity index (χ3n) is 6.17. The molecule has 132 valence electrons. The van der Waals surface area contributed by atoms with E-state index in [9.17, 15) is 4.79 Å². The Kier molecular flexibility index (Phi) is 5.29. The van der Waals surface area contributed by atoms with E-state index >= 15 is 0 Å². The van der Waals surface area contributed by atoms with Crippen LogP contribution in [0, 0.1) is 17.3 Å². The maximum atomic E-state index is 13.2. The fourth-order valence-electron chi connectivity index (χ4n) is 4.50. The molecule has 1 amide bonds. The average Bonchev–Trinajstić information content (AvgIpc) is 2.97. The number of rotatable bonds is 3. The van der Waals surface area contributed by atoms with Crippen molar-refractivity contribution < 1.29 is 14.3 Å². The fourth-order valence-corrected chi connectivity index (χ4v) is 4.50. The molecule has 2 unspecified atom stereocenters. The molecule has 0 spiro atoms. The predicted octanol–water partition coefficient (Wildman–Crippen LogP) is 1.62. The Morgan fingerprint density at radius 2 is 1.61 bits per heavy atom. The van der Waals surface area contributed by atoms with Crippen molar-refractivity contribution in [3.05, 3.63) is 0 Å². The van der Waals surface area contributed by atoms with E-state index in [-0.39, 0.29) is 5.41 Å². The van der Waals surface area contributed by atoms with Crippen molar-refractivity contribution in [2.45, 2.75) is 39.7 Å². The highest BCUT2D eigenvalue weighted by molar-refractivity contribution is 5.82. The van der Waals surface area contributed by atoms with Gasteiger partial charge in [0.05, 0.1) is 13.2 Å². The molecule has 2 atom stereocenters. The average molecular weight is 324 g/mol. The number of nitrogens with zero attached hydrogens (tertiary/aromatic N) is 2. The van der Waals surface area contributed by atoms with Crippen LogP contribution in [0.25, 0.3) is 0 Å². The van der Waals surface area contributed by atoms with E-state index in [0.717, 1.165) is 65.4 Å². The SMILES string of the molecule is CC1CN(C(=O)C(C)(C)C2CCOCC2)CC1N1CCOCC1. The van der Waals surface area contributed by atoms with E-state index in [4.69, 9.17) is 9.47 Å². The lowest BCUT2D eigenvalue weighted by Gasteiger charge is -2.38. The third kappa shape index (κ3) is 3.57.